The van der Waals surface area contributed by atoms with Crippen molar-refractivity contribution < 1.29 is 19.1 Å². The Morgan fingerprint density at radius 1 is 1.35 bits per heavy atom. The third kappa shape index (κ3) is 4.13. The van der Waals surface area contributed by atoms with Crippen molar-refractivity contribution in [1.82, 2.24) is 10.3 Å². The highest BCUT2D eigenvalue weighted by atomic mass is 32.1. The van der Waals surface area contributed by atoms with Crippen LogP contribution in [0.4, 0.5) is 4.39 Å². The number of carbonyl (C=O) groups is 2. The van der Waals surface area contributed by atoms with Gasteiger partial charge in [-0.15, -0.1) is 11.3 Å². The molecule has 0 fully saturated rings. The van der Waals surface area contributed by atoms with Gasteiger partial charge in [-0.25, -0.2) is 9.37 Å². The number of aromatic nitrogens is 1. The highest BCUT2D eigenvalue weighted by Gasteiger charge is 2.26. The zero-order valence-corrected chi connectivity index (χ0v) is 13.6. The third-order valence-electron chi connectivity index (χ3n) is 3.45. The van der Waals surface area contributed by atoms with Crippen molar-refractivity contribution >= 4 is 23.2 Å². The average Bonchev–Trinajstić information content (AvgIpc) is 2.97. The van der Waals surface area contributed by atoms with Gasteiger partial charge in [0.25, 0.3) is 5.91 Å². The van der Waals surface area contributed by atoms with Crippen molar-refractivity contribution in [2.75, 3.05) is 6.54 Å². The monoisotopic (exact) mass is 336 g/mol. The fraction of sp³-hybridized carbons (Fsp3) is 0.312. The van der Waals surface area contributed by atoms with Crippen molar-refractivity contribution in [3.8, 4) is 10.6 Å². The molecule has 7 heteroatoms. The van der Waals surface area contributed by atoms with Gasteiger partial charge in [0.15, 0.2) is 0 Å². The van der Waals surface area contributed by atoms with E-state index < -0.39 is 17.2 Å². The Kier molecular flexibility index (Phi) is 5.10. The van der Waals surface area contributed by atoms with Crippen molar-refractivity contribution in [2.24, 2.45) is 5.41 Å². The minimum atomic E-state index is -0.911. The Labute approximate surface area is 137 Å². The highest BCUT2D eigenvalue weighted by Crippen LogP contribution is 2.27. The summed E-state index contributed by atoms with van der Waals surface area (Å²) in [4.78, 5) is 27.5. The zero-order chi connectivity index (χ0) is 17.0. The lowest BCUT2D eigenvalue weighted by atomic mass is 9.90. The number of hydrogen-bond acceptors (Lipinski definition) is 4. The second-order valence-electron chi connectivity index (χ2n) is 5.70. The third-order valence-corrected chi connectivity index (χ3v) is 4.48. The van der Waals surface area contributed by atoms with Gasteiger partial charge in [-0.05, 0) is 32.4 Å². The van der Waals surface area contributed by atoms with Gasteiger partial charge in [0.1, 0.15) is 15.7 Å². The normalized spacial score (nSPS) is 11.3. The summed E-state index contributed by atoms with van der Waals surface area (Å²) in [6, 6.07) is 6.23. The predicted octanol–water partition coefficient (Wildman–Crippen LogP) is 3.18. The van der Waals surface area contributed by atoms with E-state index in [-0.39, 0.29) is 12.5 Å². The first-order valence-corrected chi connectivity index (χ1v) is 7.85. The molecule has 23 heavy (non-hydrogen) atoms. The van der Waals surface area contributed by atoms with Crippen LogP contribution in [-0.4, -0.2) is 28.5 Å². The molecule has 0 bridgehead atoms. The van der Waals surface area contributed by atoms with E-state index in [1.807, 2.05) is 0 Å². The van der Waals surface area contributed by atoms with Crippen molar-refractivity contribution in [2.45, 2.75) is 20.3 Å². The molecule has 1 heterocycles. The summed E-state index contributed by atoms with van der Waals surface area (Å²) >= 11 is 1.09. The number of aliphatic carboxylic acids is 1. The molecular formula is C16H17FN2O3S. The van der Waals surface area contributed by atoms with Crippen LogP contribution in [0.15, 0.2) is 30.5 Å². The van der Waals surface area contributed by atoms with Crippen molar-refractivity contribution in [3.05, 3.63) is 41.2 Å². The van der Waals surface area contributed by atoms with Crippen LogP contribution >= 0.6 is 11.3 Å². The fourth-order valence-corrected chi connectivity index (χ4v) is 2.68. The van der Waals surface area contributed by atoms with Crippen molar-refractivity contribution in [3.63, 3.8) is 0 Å². The molecule has 0 aliphatic carbocycles. The molecule has 2 rings (SSSR count). The van der Waals surface area contributed by atoms with Crippen LogP contribution in [0, 0.1) is 11.2 Å². The minimum absolute atomic E-state index is 0.241. The first-order valence-electron chi connectivity index (χ1n) is 7.03. The van der Waals surface area contributed by atoms with Crippen LogP contribution < -0.4 is 5.32 Å². The topological polar surface area (TPSA) is 79.3 Å². The molecule has 1 aromatic heterocycles. The van der Waals surface area contributed by atoms with E-state index in [1.54, 1.807) is 32.0 Å². The first-order chi connectivity index (χ1) is 10.8. The molecule has 0 aliphatic rings. The molecule has 0 saturated heterocycles. The Hall–Kier alpha value is -2.28. The largest absolute Gasteiger partial charge is 0.481 e. The standard InChI is InChI=1S/C16H17FN2O3S/c1-16(2,15(21)22)7-8-18-13(20)12-9-19-14(23-12)10-5-3-4-6-11(10)17/h3-6,9H,7-8H2,1-2H3,(H,18,20)(H,21,22). The minimum Gasteiger partial charge on any atom is -0.481 e. The molecule has 2 aromatic rings. The lowest BCUT2D eigenvalue weighted by Crippen LogP contribution is -2.31. The molecule has 5 nitrogen and oxygen atoms in total. The number of thiazole rings is 1. The number of carboxylic acids is 1. The summed E-state index contributed by atoms with van der Waals surface area (Å²) in [7, 11) is 0. The highest BCUT2D eigenvalue weighted by molar-refractivity contribution is 7.16. The lowest BCUT2D eigenvalue weighted by molar-refractivity contribution is -0.147. The second-order valence-corrected chi connectivity index (χ2v) is 6.74. The molecule has 2 N–H and O–H groups in total. The van der Waals surface area contributed by atoms with Crippen LogP contribution in [0.2, 0.25) is 0 Å². The van der Waals surface area contributed by atoms with E-state index in [0.29, 0.717) is 21.9 Å². The molecule has 0 aliphatic heterocycles. The van der Waals surface area contributed by atoms with Crippen LogP contribution in [-0.2, 0) is 4.79 Å². The number of carbonyl (C=O) groups excluding carboxylic acids is 1. The maximum Gasteiger partial charge on any atom is 0.309 e. The SMILES string of the molecule is CC(C)(CCNC(=O)c1cnc(-c2ccccc2F)s1)C(=O)O. The molecule has 0 spiro atoms. The first kappa shape index (κ1) is 17.1. The van der Waals surface area contributed by atoms with Crippen LogP contribution in [0.5, 0.6) is 0 Å². The summed E-state index contributed by atoms with van der Waals surface area (Å²) in [6.07, 6.45) is 1.71. The van der Waals surface area contributed by atoms with E-state index in [1.165, 1.54) is 12.3 Å². The van der Waals surface area contributed by atoms with Gasteiger partial charge in [0.2, 0.25) is 0 Å². The predicted molar refractivity (Wildman–Crippen MR) is 85.9 cm³/mol. The van der Waals surface area contributed by atoms with Gasteiger partial charge in [0, 0.05) is 12.1 Å². The Balaban J connectivity index is 2.00. The van der Waals surface area contributed by atoms with Crippen molar-refractivity contribution in [1.29, 1.82) is 0 Å². The number of rotatable bonds is 6. The number of nitrogens with one attached hydrogen (secondary N) is 1. The van der Waals surface area contributed by atoms with E-state index in [9.17, 15) is 14.0 Å². The zero-order valence-electron chi connectivity index (χ0n) is 12.8. The molecular weight excluding hydrogens is 319 g/mol. The van der Waals surface area contributed by atoms with Gasteiger partial charge in [-0.1, -0.05) is 12.1 Å². The van der Waals surface area contributed by atoms with Crippen LogP contribution in [0.3, 0.4) is 0 Å². The molecule has 0 radical (unpaired) electrons. The van der Waals surface area contributed by atoms with E-state index in [2.05, 4.69) is 10.3 Å². The second kappa shape index (κ2) is 6.87. The number of carboxylic acid groups (broad SMARTS) is 1. The van der Waals surface area contributed by atoms with E-state index >= 15 is 0 Å². The Bertz CT molecular complexity index is 728. The Morgan fingerprint density at radius 3 is 2.70 bits per heavy atom. The summed E-state index contributed by atoms with van der Waals surface area (Å²) in [5.41, 5.74) is -0.553. The number of amides is 1. The number of benzene rings is 1. The molecule has 1 amide bonds. The van der Waals surface area contributed by atoms with Gasteiger partial charge in [0.05, 0.1) is 11.6 Å². The fourth-order valence-electron chi connectivity index (χ4n) is 1.82. The molecule has 0 saturated carbocycles. The summed E-state index contributed by atoms with van der Waals surface area (Å²) in [6.45, 7) is 3.44. The molecule has 1 aromatic carbocycles. The maximum absolute atomic E-state index is 13.7. The van der Waals surface area contributed by atoms with Gasteiger partial charge >= 0.3 is 5.97 Å². The van der Waals surface area contributed by atoms with E-state index in [0.717, 1.165) is 11.3 Å². The van der Waals surface area contributed by atoms with Gasteiger partial charge in [-0.3, -0.25) is 9.59 Å². The molecule has 122 valence electrons. The van der Waals surface area contributed by atoms with Gasteiger partial charge < -0.3 is 10.4 Å². The number of hydrogen-bond donors (Lipinski definition) is 2. The average molecular weight is 336 g/mol. The maximum atomic E-state index is 13.7. The lowest BCUT2D eigenvalue weighted by Gasteiger charge is -2.18. The molecule has 0 unspecified atom stereocenters. The van der Waals surface area contributed by atoms with Gasteiger partial charge in [-0.2, -0.15) is 0 Å². The smallest absolute Gasteiger partial charge is 0.309 e. The number of halogens is 1. The number of nitrogens with zero attached hydrogens (tertiary/aromatic N) is 1. The summed E-state index contributed by atoms with van der Waals surface area (Å²) in [5, 5.41) is 12.1. The Morgan fingerprint density at radius 2 is 2.04 bits per heavy atom. The summed E-state index contributed by atoms with van der Waals surface area (Å²) in [5.74, 6) is -1.64. The van der Waals surface area contributed by atoms with Crippen LogP contribution in [0.25, 0.3) is 10.6 Å². The summed E-state index contributed by atoms with van der Waals surface area (Å²) < 4.78 is 13.7. The van der Waals surface area contributed by atoms with E-state index in [4.69, 9.17) is 5.11 Å². The molecule has 0 atom stereocenters. The quantitative estimate of drug-likeness (QED) is 0.849. The van der Waals surface area contributed by atoms with Crippen LogP contribution in [0.1, 0.15) is 29.9 Å².